The van der Waals surface area contributed by atoms with Crippen LogP contribution in [0.1, 0.15) is 21.5 Å². The second-order valence-electron chi connectivity index (χ2n) is 8.76. The molecule has 4 rings (SSSR count). The Labute approximate surface area is 211 Å². The number of hydrogen-bond acceptors (Lipinski definition) is 7. The molecule has 0 aromatic heterocycles. The molecule has 0 unspecified atom stereocenters. The smallest absolute Gasteiger partial charge is 0.343 e. The summed E-state index contributed by atoms with van der Waals surface area (Å²) in [5.41, 5.74) is 2.69. The molecular weight excluding hydrogens is 460 g/mol. The van der Waals surface area contributed by atoms with Gasteiger partial charge < -0.3 is 28.4 Å². The fraction of sp³-hybridized carbons (Fsp3) is 0.345. The van der Waals surface area contributed by atoms with Crippen molar-refractivity contribution in [1.29, 1.82) is 0 Å². The predicted octanol–water partition coefficient (Wildman–Crippen LogP) is 4.99. The highest BCUT2D eigenvalue weighted by atomic mass is 16.6. The third-order valence-corrected chi connectivity index (χ3v) is 6.51. The maximum Gasteiger partial charge on any atom is 0.343 e. The highest BCUT2D eigenvalue weighted by Gasteiger charge is 2.29. The molecule has 1 heterocycles. The van der Waals surface area contributed by atoms with E-state index in [-0.39, 0.29) is 0 Å². The lowest BCUT2D eigenvalue weighted by Gasteiger charge is -2.19. The lowest BCUT2D eigenvalue weighted by Crippen LogP contribution is -2.18. The molecule has 0 saturated carbocycles. The number of methoxy groups -OCH3 is 4. The molecule has 0 aliphatic carbocycles. The zero-order chi connectivity index (χ0) is 25.5. The van der Waals surface area contributed by atoms with E-state index in [2.05, 4.69) is 6.07 Å². The first kappa shape index (κ1) is 25.4. The van der Waals surface area contributed by atoms with E-state index in [0.717, 1.165) is 29.9 Å². The normalized spacial score (nSPS) is 16.9. The Morgan fingerprint density at radius 2 is 1.31 bits per heavy atom. The Morgan fingerprint density at radius 3 is 1.89 bits per heavy atom. The number of rotatable bonds is 10. The molecule has 1 saturated heterocycles. The summed E-state index contributed by atoms with van der Waals surface area (Å²) in [5, 5.41) is 0. The lowest BCUT2D eigenvalue weighted by molar-refractivity contribution is 0.0729. The molecule has 0 bridgehead atoms. The van der Waals surface area contributed by atoms with Gasteiger partial charge in [-0.2, -0.15) is 0 Å². The summed E-state index contributed by atoms with van der Waals surface area (Å²) < 4.78 is 33.0. The molecule has 1 aliphatic heterocycles. The van der Waals surface area contributed by atoms with Gasteiger partial charge in [0.15, 0.2) is 23.0 Å². The average Bonchev–Trinajstić information content (AvgIpc) is 3.35. The first-order valence-corrected chi connectivity index (χ1v) is 11.9. The first-order valence-electron chi connectivity index (χ1n) is 11.9. The minimum Gasteiger partial charge on any atom is -0.497 e. The summed E-state index contributed by atoms with van der Waals surface area (Å²) >= 11 is 0. The Bertz CT molecular complexity index is 1190. The van der Waals surface area contributed by atoms with E-state index in [1.54, 1.807) is 58.8 Å². The van der Waals surface area contributed by atoms with Crippen LogP contribution in [0.15, 0.2) is 60.7 Å². The van der Waals surface area contributed by atoms with Gasteiger partial charge >= 0.3 is 5.97 Å². The van der Waals surface area contributed by atoms with Gasteiger partial charge in [0.2, 0.25) is 0 Å². The van der Waals surface area contributed by atoms with Gasteiger partial charge in [0.25, 0.3) is 0 Å². The summed E-state index contributed by atoms with van der Waals surface area (Å²) in [5.74, 6) is 3.19. The molecule has 36 heavy (non-hydrogen) atoms. The zero-order valence-corrected chi connectivity index (χ0v) is 21.1. The van der Waals surface area contributed by atoms with Crippen molar-refractivity contribution in [2.24, 2.45) is 11.8 Å². The van der Waals surface area contributed by atoms with Crippen molar-refractivity contribution >= 4 is 5.97 Å². The van der Waals surface area contributed by atoms with Gasteiger partial charge in [-0.15, -0.1) is 0 Å². The van der Waals surface area contributed by atoms with Crippen molar-refractivity contribution < 1.29 is 33.2 Å². The minimum absolute atomic E-state index is 0.355. The molecule has 7 nitrogen and oxygen atoms in total. The van der Waals surface area contributed by atoms with Crippen molar-refractivity contribution in [3.05, 3.63) is 77.4 Å². The monoisotopic (exact) mass is 492 g/mol. The van der Waals surface area contributed by atoms with Gasteiger partial charge in [-0.1, -0.05) is 18.2 Å². The van der Waals surface area contributed by atoms with Crippen molar-refractivity contribution in [1.82, 2.24) is 0 Å². The molecule has 190 valence electrons. The molecule has 7 heteroatoms. The second kappa shape index (κ2) is 11.8. The van der Waals surface area contributed by atoms with E-state index < -0.39 is 5.97 Å². The molecule has 3 aromatic rings. The van der Waals surface area contributed by atoms with Crippen molar-refractivity contribution in [2.45, 2.75) is 12.8 Å². The van der Waals surface area contributed by atoms with Crippen molar-refractivity contribution in [3.8, 4) is 28.7 Å². The lowest BCUT2D eigenvalue weighted by atomic mass is 9.85. The number of benzene rings is 3. The summed E-state index contributed by atoms with van der Waals surface area (Å²) in [4.78, 5) is 12.6. The van der Waals surface area contributed by atoms with Gasteiger partial charge in [-0.05, 0) is 78.3 Å². The first-order chi connectivity index (χ1) is 17.5. The van der Waals surface area contributed by atoms with E-state index in [1.165, 1.54) is 5.56 Å². The van der Waals surface area contributed by atoms with E-state index >= 15 is 0 Å². The highest BCUT2D eigenvalue weighted by molar-refractivity contribution is 5.91. The van der Waals surface area contributed by atoms with Gasteiger partial charge in [0, 0.05) is 0 Å². The van der Waals surface area contributed by atoms with Crippen LogP contribution in [-0.4, -0.2) is 47.6 Å². The van der Waals surface area contributed by atoms with E-state index in [1.807, 2.05) is 24.3 Å². The fourth-order valence-corrected chi connectivity index (χ4v) is 4.54. The summed E-state index contributed by atoms with van der Waals surface area (Å²) in [6.45, 7) is 1.42. The van der Waals surface area contributed by atoms with Crippen LogP contribution in [0.3, 0.4) is 0 Å². The number of ether oxygens (including phenoxy) is 6. The van der Waals surface area contributed by atoms with Crippen LogP contribution in [-0.2, 0) is 17.6 Å². The topological polar surface area (TPSA) is 72.5 Å². The highest BCUT2D eigenvalue weighted by Crippen LogP contribution is 2.34. The van der Waals surface area contributed by atoms with Crippen LogP contribution < -0.4 is 23.7 Å². The number of carbonyl (C=O) groups excluding carboxylic acids is 1. The third-order valence-electron chi connectivity index (χ3n) is 6.51. The quantitative estimate of drug-likeness (QED) is 0.292. The number of hydrogen-bond donors (Lipinski definition) is 0. The molecular formula is C29H32O7. The summed E-state index contributed by atoms with van der Waals surface area (Å²) in [6, 6.07) is 18.6. The van der Waals surface area contributed by atoms with Gasteiger partial charge in [-0.3, -0.25) is 0 Å². The molecule has 3 aromatic carbocycles. The molecule has 2 atom stereocenters. The fourth-order valence-electron chi connectivity index (χ4n) is 4.54. The number of carbonyl (C=O) groups is 1. The standard InChI is InChI=1S/C29H32O7/c1-31-24-7-5-6-21(16-24)29(30)36-26-11-9-20(15-28(26)34-4)13-23-18-35-17-22(23)12-19-8-10-25(32-2)27(14-19)33-3/h5-11,14-16,22-23H,12-13,17-18H2,1-4H3/t22-,23-/m0/s1. The van der Waals surface area contributed by atoms with E-state index in [0.29, 0.717) is 47.9 Å². The van der Waals surface area contributed by atoms with E-state index in [4.69, 9.17) is 28.4 Å². The zero-order valence-electron chi connectivity index (χ0n) is 21.1. The van der Waals surface area contributed by atoms with Crippen LogP contribution in [0.2, 0.25) is 0 Å². The minimum atomic E-state index is -0.473. The second-order valence-corrected chi connectivity index (χ2v) is 8.76. The van der Waals surface area contributed by atoms with Crippen LogP contribution in [0.25, 0.3) is 0 Å². The van der Waals surface area contributed by atoms with Gasteiger partial charge in [-0.25, -0.2) is 4.79 Å². The largest absolute Gasteiger partial charge is 0.497 e. The number of esters is 1. The van der Waals surface area contributed by atoms with Crippen LogP contribution in [0, 0.1) is 11.8 Å². The summed E-state index contributed by atoms with van der Waals surface area (Å²) in [6.07, 6.45) is 1.72. The molecule has 0 amide bonds. The van der Waals surface area contributed by atoms with E-state index in [9.17, 15) is 4.79 Å². The molecule has 0 spiro atoms. The van der Waals surface area contributed by atoms with Crippen LogP contribution in [0.4, 0.5) is 0 Å². The maximum atomic E-state index is 12.6. The predicted molar refractivity (Wildman–Crippen MR) is 136 cm³/mol. The van der Waals surface area contributed by atoms with Gasteiger partial charge in [0.1, 0.15) is 5.75 Å². The maximum absolute atomic E-state index is 12.6. The molecule has 0 radical (unpaired) electrons. The molecule has 0 N–H and O–H groups in total. The summed E-state index contributed by atoms with van der Waals surface area (Å²) in [7, 11) is 6.41. The third kappa shape index (κ3) is 5.91. The Balaban J connectivity index is 1.44. The van der Waals surface area contributed by atoms with Gasteiger partial charge in [0.05, 0.1) is 47.2 Å². The molecule has 1 aliphatic rings. The van der Waals surface area contributed by atoms with Crippen LogP contribution >= 0.6 is 0 Å². The Hall–Kier alpha value is -3.71. The SMILES string of the molecule is COc1cccc(C(=O)Oc2ccc(C[C@H]3COC[C@@H]3Cc3ccc(OC)c(OC)c3)cc2OC)c1. The van der Waals surface area contributed by atoms with Crippen LogP contribution in [0.5, 0.6) is 28.7 Å². The Kier molecular flexibility index (Phi) is 8.33. The van der Waals surface area contributed by atoms with Crippen molar-refractivity contribution in [3.63, 3.8) is 0 Å². The average molecular weight is 493 g/mol. The molecule has 1 fully saturated rings. The van der Waals surface area contributed by atoms with Crippen molar-refractivity contribution in [2.75, 3.05) is 41.7 Å². The Morgan fingerprint density at radius 1 is 0.722 bits per heavy atom.